The van der Waals surface area contributed by atoms with Gasteiger partial charge in [-0.2, -0.15) is 0 Å². The van der Waals surface area contributed by atoms with Crippen molar-refractivity contribution in [2.75, 3.05) is 18.0 Å². The van der Waals surface area contributed by atoms with Gasteiger partial charge in [-0.25, -0.2) is 4.99 Å². The van der Waals surface area contributed by atoms with Crippen LogP contribution in [0, 0.1) is 6.92 Å². The lowest BCUT2D eigenvalue weighted by Crippen LogP contribution is -2.48. The quantitative estimate of drug-likeness (QED) is 0.487. The molecule has 0 bridgehead atoms. The van der Waals surface area contributed by atoms with E-state index in [1.54, 1.807) is 4.90 Å². The van der Waals surface area contributed by atoms with Crippen molar-refractivity contribution in [3.8, 4) is 0 Å². The van der Waals surface area contributed by atoms with Gasteiger partial charge in [-0.05, 0) is 106 Å². The fourth-order valence-corrected chi connectivity index (χ4v) is 6.08. The molecule has 2 aromatic rings. The molecule has 0 aromatic heterocycles. The van der Waals surface area contributed by atoms with E-state index in [0.717, 1.165) is 34.3 Å². The first-order valence-electron chi connectivity index (χ1n) is 11.5. The zero-order valence-electron chi connectivity index (χ0n) is 20.0. The molecule has 1 atom stereocenters. The van der Waals surface area contributed by atoms with Crippen LogP contribution in [0.3, 0.4) is 0 Å². The van der Waals surface area contributed by atoms with E-state index >= 15 is 0 Å². The molecular weight excluding hydrogens is 414 g/mol. The third-order valence-corrected chi connectivity index (χ3v) is 7.57. The SMILES string of the molecule is CCN1C(=O)/C(=C\c2cc3c(cc2C)N(CC)C(C)(C)CC3C)SC1=Nc1ccccc1. The Labute approximate surface area is 196 Å². The molecule has 0 aliphatic carbocycles. The van der Waals surface area contributed by atoms with Crippen LogP contribution in [0.5, 0.6) is 0 Å². The van der Waals surface area contributed by atoms with Crippen molar-refractivity contribution in [3.05, 3.63) is 64.1 Å². The van der Waals surface area contributed by atoms with E-state index in [0.29, 0.717) is 12.5 Å². The predicted molar refractivity (Wildman–Crippen MR) is 138 cm³/mol. The maximum Gasteiger partial charge on any atom is 0.266 e. The highest BCUT2D eigenvalue weighted by molar-refractivity contribution is 8.18. The number of benzene rings is 2. The Morgan fingerprint density at radius 2 is 1.88 bits per heavy atom. The normalized spacial score (nSPS) is 22.7. The van der Waals surface area contributed by atoms with Gasteiger partial charge in [0.1, 0.15) is 0 Å². The highest BCUT2D eigenvalue weighted by atomic mass is 32.2. The summed E-state index contributed by atoms with van der Waals surface area (Å²) in [5, 5.41) is 0.748. The minimum atomic E-state index is 0.0358. The third-order valence-electron chi connectivity index (χ3n) is 6.56. The van der Waals surface area contributed by atoms with Crippen molar-refractivity contribution in [1.82, 2.24) is 4.90 Å². The summed E-state index contributed by atoms with van der Waals surface area (Å²) in [6.07, 6.45) is 3.18. The summed E-state index contributed by atoms with van der Waals surface area (Å²) in [5.41, 5.74) is 6.05. The number of nitrogens with zero attached hydrogens (tertiary/aromatic N) is 3. The summed E-state index contributed by atoms with van der Waals surface area (Å²) in [7, 11) is 0. The van der Waals surface area contributed by atoms with Crippen LogP contribution < -0.4 is 4.90 Å². The molecule has 4 nitrogen and oxygen atoms in total. The molecule has 2 heterocycles. The second-order valence-corrected chi connectivity index (χ2v) is 10.3. The first-order chi connectivity index (χ1) is 15.2. The lowest BCUT2D eigenvalue weighted by atomic mass is 9.79. The van der Waals surface area contributed by atoms with Gasteiger partial charge in [-0.1, -0.05) is 25.1 Å². The van der Waals surface area contributed by atoms with Crippen molar-refractivity contribution in [3.63, 3.8) is 0 Å². The highest BCUT2D eigenvalue weighted by Gasteiger charge is 2.36. The van der Waals surface area contributed by atoms with E-state index in [4.69, 9.17) is 4.99 Å². The van der Waals surface area contributed by atoms with Crippen LogP contribution in [-0.4, -0.2) is 34.6 Å². The highest BCUT2D eigenvalue weighted by Crippen LogP contribution is 2.45. The number of carbonyl (C=O) groups is 1. The summed E-state index contributed by atoms with van der Waals surface area (Å²) in [4.78, 5) is 22.9. The molecule has 2 aliphatic heterocycles. The van der Waals surface area contributed by atoms with Crippen LogP contribution in [0.2, 0.25) is 0 Å². The molecule has 0 saturated carbocycles. The Morgan fingerprint density at radius 3 is 2.53 bits per heavy atom. The maximum atomic E-state index is 13.1. The van der Waals surface area contributed by atoms with Crippen LogP contribution in [0.25, 0.3) is 6.08 Å². The number of fused-ring (bicyclic) bond motifs is 1. The van der Waals surface area contributed by atoms with Crippen LogP contribution in [0.1, 0.15) is 63.6 Å². The number of hydrogen-bond acceptors (Lipinski definition) is 4. The van der Waals surface area contributed by atoms with E-state index in [2.05, 4.69) is 57.7 Å². The largest absolute Gasteiger partial charge is 0.366 e. The van der Waals surface area contributed by atoms with Gasteiger partial charge in [0, 0.05) is 24.3 Å². The molecule has 0 N–H and O–H groups in total. The second kappa shape index (κ2) is 8.78. The Morgan fingerprint density at radius 1 is 1.16 bits per heavy atom. The number of aryl methyl sites for hydroxylation is 1. The first kappa shape index (κ1) is 22.7. The molecule has 168 valence electrons. The van der Waals surface area contributed by atoms with Gasteiger partial charge < -0.3 is 4.90 Å². The maximum absolute atomic E-state index is 13.1. The van der Waals surface area contributed by atoms with Crippen molar-refractivity contribution < 1.29 is 4.79 Å². The van der Waals surface area contributed by atoms with Gasteiger partial charge in [0.2, 0.25) is 0 Å². The molecule has 2 aromatic carbocycles. The van der Waals surface area contributed by atoms with Gasteiger partial charge >= 0.3 is 0 Å². The van der Waals surface area contributed by atoms with Gasteiger partial charge in [0.05, 0.1) is 10.6 Å². The average Bonchev–Trinajstić information content (AvgIpc) is 3.03. The zero-order chi connectivity index (χ0) is 23.0. The zero-order valence-corrected chi connectivity index (χ0v) is 20.8. The van der Waals surface area contributed by atoms with Crippen LogP contribution in [0.15, 0.2) is 52.4 Å². The molecule has 4 rings (SSSR count). The second-order valence-electron chi connectivity index (χ2n) is 9.32. The number of aliphatic imine (C=N–C) groups is 1. The summed E-state index contributed by atoms with van der Waals surface area (Å²) >= 11 is 1.47. The fraction of sp³-hybridized carbons (Fsp3) is 0.407. The number of para-hydroxylation sites is 1. The van der Waals surface area contributed by atoms with Gasteiger partial charge in [-0.3, -0.25) is 9.69 Å². The average molecular weight is 448 g/mol. The standard InChI is InChI=1S/C27H33N3OS/c1-7-29-25(31)24(32-26(29)28-21-12-10-9-11-13-21)16-20-15-22-19(4)17-27(5,6)30(8-2)23(22)14-18(20)3/h9-16,19H,7-8,17H2,1-6H3/b24-16+,28-26?. The van der Waals surface area contributed by atoms with Crippen molar-refractivity contribution in [2.24, 2.45) is 4.99 Å². The minimum Gasteiger partial charge on any atom is -0.366 e. The van der Waals surface area contributed by atoms with E-state index in [1.165, 1.54) is 28.6 Å². The number of hydrogen-bond donors (Lipinski definition) is 0. The summed E-state index contributed by atoms with van der Waals surface area (Å²) in [6.45, 7) is 15.0. The molecular formula is C27H33N3OS. The number of amidine groups is 1. The number of anilines is 1. The minimum absolute atomic E-state index is 0.0358. The number of amides is 1. The van der Waals surface area contributed by atoms with Gasteiger partial charge in [0.25, 0.3) is 5.91 Å². The molecule has 5 heteroatoms. The summed E-state index contributed by atoms with van der Waals surface area (Å²) < 4.78 is 0. The Bertz CT molecular complexity index is 1090. The smallest absolute Gasteiger partial charge is 0.266 e. The van der Waals surface area contributed by atoms with E-state index in [-0.39, 0.29) is 11.4 Å². The van der Waals surface area contributed by atoms with Crippen LogP contribution in [-0.2, 0) is 4.79 Å². The summed E-state index contributed by atoms with van der Waals surface area (Å²) in [5.74, 6) is 0.517. The van der Waals surface area contributed by atoms with Crippen molar-refractivity contribution >= 4 is 40.3 Å². The lowest BCUT2D eigenvalue weighted by Gasteiger charge is -2.47. The Hall–Kier alpha value is -2.53. The van der Waals surface area contributed by atoms with Gasteiger partial charge in [0.15, 0.2) is 5.17 Å². The molecule has 32 heavy (non-hydrogen) atoms. The van der Waals surface area contributed by atoms with Crippen LogP contribution in [0.4, 0.5) is 11.4 Å². The Balaban J connectivity index is 1.72. The Kier molecular flexibility index (Phi) is 6.22. The number of carbonyl (C=O) groups excluding carboxylic acids is 1. The lowest BCUT2D eigenvalue weighted by molar-refractivity contribution is -0.122. The first-order valence-corrected chi connectivity index (χ1v) is 12.3. The van der Waals surface area contributed by atoms with E-state index < -0.39 is 0 Å². The topological polar surface area (TPSA) is 35.9 Å². The van der Waals surface area contributed by atoms with Crippen molar-refractivity contribution in [2.45, 2.75) is 59.4 Å². The molecule has 0 spiro atoms. The molecule has 1 saturated heterocycles. The van der Waals surface area contributed by atoms with Crippen molar-refractivity contribution in [1.29, 1.82) is 0 Å². The third kappa shape index (κ3) is 4.11. The molecule has 0 radical (unpaired) electrons. The number of rotatable bonds is 4. The molecule has 1 amide bonds. The fourth-order valence-electron chi connectivity index (χ4n) is 5.03. The monoisotopic (exact) mass is 447 g/mol. The summed E-state index contributed by atoms with van der Waals surface area (Å²) in [6, 6.07) is 14.4. The van der Waals surface area contributed by atoms with Gasteiger partial charge in [-0.15, -0.1) is 0 Å². The van der Waals surface area contributed by atoms with E-state index in [1.807, 2.05) is 37.3 Å². The predicted octanol–water partition coefficient (Wildman–Crippen LogP) is 6.73. The van der Waals surface area contributed by atoms with E-state index in [9.17, 15) is 4.79 Å². The van der Waals surface area contributed by atoms with Crippen LogP contribution >= 0.6 is 11.8 Å². The molecule has 2 aliphatic rings. The number of thioether (sulfide) groups is 1. The molecule has 1 unspecified atom stereocenters. The molecule has 1 fully saturated rings. The number of likely N-dealkylation sites (N-methyl/N-ethyl adjacent to an activating group) is 1.